The van der Waals surface area contributed by atoms with Crippen LogP contribution in [0.3, 0.4) is 0 Å². The molecule has 24 heavy (non-hydrogen) atoms. The number of pyridine rings is 1. The summed E-state index contributed by atoms with van der Waals surface area (Å²) >= 11 is 0. The molecule has 1 aliphatic rings. The van der Waals surface area contributed by atoms with Gasteiger partial charge in [0, 0.05) is 31.7 Å². The van der Waals surface area contributed by atoms with Crippen LogP contribution < -0.4 is 16.0 Å². The molecule has 0 fully saturated rings. The lowest BCUT2D eigenvalue weighted by Gasteiger charge is -2.17. The molecule has 5 heteroatoms. The quantitative estimate of drug-likeness (QED) is 0.792. The first-order valence-corrected chi connectivity index (χ1v) is 8.51. The summed E-state index contributed by atoms with van der Waals surface area (Å²) in [6.45, 7) is 4.15. The molecule has 2 heterocycles. The summed E-state index contributed by atoms with van der Waals surface area (Å²) in [5.74, 6) is 1.00. The normalized spacial score (nSPS) is 12.9. The maximum atomic E-state index is 11.9. The largest absolute Gasteiger partial charge is 0.370 e. The van der Waals surface area contributed by atoms with Gasteiger partial charge in [0.15, 0.2) is 0 Å². The molecule has 2 aromatic rings. The van der Waals surface area contributed by atoms with Crippen molar-refractivity contribution in [1.29, 1.82) is 0 Å². The number of hydrogen-bond acceptors (Lipinski definition) is 3. The number of fused-ring (bicyclic) bond motifs is 1. The Morgan fingerprint density at radius 2 is 2.08 bits per heavy atom. The second kappa shape index (κ2) is 7.81. The van der Waals surface area contributed by atoms with E-state index in [2.05, 4.69) is 33.1 Å². The monoisotopic (exact) mass is 324 g/mol. The number of amides is 2. The lowest BCUT2D eigenvalue weighted by Crippen LogP contribution is -2.36. The predicted octanol–water partition coefficient (Wildman–Crippen LogP) is 2.79. The molecule has 0 saturated heterocycles. The van der Waals surface area contributed by atoms with E-state index in [0.29, 0.717) is 13.1 Å². The van der Waals surface area contributed by atoms with E-state index < -0.39 is 0 Å². The molecule has 3 rings (SSSR count). The van der Waals surface area contributed by atoms with Crippen LogP contribution in [-0.4, -0.2) is 24.1 Å². The number of anilines is 1. The third-order valence-electron chi connectivity index (χ3n) is 4.32. The van der Waals surface area contributed by atoms with Gasteiger partial charge in [0.2, 0.25) is 0 Å². The van der Waals surface area contributed by atoms with Gasteiger partial charge < -0.3 is 16.0 Å². The summed E-state index contributed by atoms with van der Waals surface area (Å²) in [6.07, 6.45) is 2.98. The summed E-state index contributed by atoms with van der Waals surface area (Å²) < 4.78 is 0. The van der Waals surface area contributed by atoms with Crippen molar-refractivity contribution in [3.05, 3.63) is 58.8 Å². The van der Waals surface area contributed by atoms with Gasteiger partial charge >= 0.3 is 6.03 Å². The van der Waals surface area contributed by atoms with Gasteiger partial charge in [-0.2, -0.15) is 0 Å². The van der Waals surface area contributed by atoms with Gasteiger partial charge in [0.1, 0.15) is 5.82 Å². The van der Waals surface area contributed by atoms with Crippen molar-refractivity contribution in [3.8, 4) is 0 Å². The van der Waals surface area contributed by atoms with Crippen LogP contribution in [-0.2, 0) is 19.4 Å². The summed E-state index contributed by atoms with van der Waals surface area (Å²) in [7, 11) is 0. The lowest BCUT2D eigenvalue weighted by atomic mass is 10.1. The fourth-order valence-corrected chi connectivity index (χ4v) is 2.86. The zero-order valence-electron chi connectivity index (χ0n) is 14.1. The van der Waals surface area contributed by atoms with Gasteiger partial charge in [-0.1, -0.05) is 30.3 Å². The predicted molar refractivity (Wildman–Crippen MR) is 96.2 cm³/mol. The number of carbonyl (C=O) groups is 1. The molecular weight excluding hydrogens is 300 g/mol. The van der Waals surface area contributed by atoms with Crippen LogP contribution in [0, 0.1) is 6.92 Å². The lowest BCUT2D eigenvalue weighted by molar-refractivity contribution is 0.240. The average molecular weight is 324 g/mol. The highest BCUT2D eigenvalue weighted by molar-refractivity contribution is 5.73. The smallest absolute Gasteiger partial charge is 0.315 e. The Kier molecular flexibility index (Phi) is 5.31. The topological polar surface area (TPSA) is 66.0 Å². The van der Waals surface area contributed by atoms with Crippen molar-refractivity contribution in [2.45, 2.75) is 32.7 Å². The third-order valence-corrected chi connectivity index (χ3v) is 4.32. The third kappa shape index (κ3) is 4.25. The van der Waals surface area contributed by atoms with Crippen LogP contribution in [0.4, 0.5) is 10.6 Å². The molecule has 0 bridgehead atoms. The zero-order valence-corrected chi connectivity index (χ0v) is 14.1. The maximum Gasteiger partial charge on any atom is 0.315 e. The average Bonchev–Trinajstić information content (AvgIpc) is 2.61. The molecule has 0 aliphatic carbocycles. The van der Waals surface area contributed by atoms with Gasteiger partial charge in [-0.15, -0.1) is 0 Å². The number of carbonyl (C=O) groups excluding carboxylic acids is 1. The molecule has 0 atom stereocenters. The van der Waals surface area contributed by atoms with E-state index in [1.54, 1.807) is 0 Å². The summed E-state index contributed by atoms with van der Waals surface area (Å²) in [6, 6.07) is 12.1. The van der Waals surface area contributed by atoms with Crippen molar-refractivity contribution in [3.63, 3.8) is 0 Å². The van der Waals surface area contributed by atoms with Crippen molar-refractivity contribution in [2.75, 3.05) is 18.4 Å². The summed E-state index contributed by atoms with van der Waals surface area (Å²) in [5, 5.41) is 9.12. The SMILES string of the molecule is Cc1ccccc1CNC(=O)NCCc1ccc2c(n1)NCCC2. The van der Waals surface area contributed by atoms with E-state index >= 15 is 0 Å². The fourth-order valence-electron chi connectivity index (χ4n) is 2.86. The van der Waals surface area contributed by atoms with Gasteiger partial charge in [-0.05, 0) is 42.5 Å². The highest BCUT2D eigenvalue weighted by atomic mass is 16.2. The van der Waals surface area contributed by atoms with Crippen molar-refractivity contribution in [2.24, 2.45) is 0 Å². The van der Waals surface area contributed by atoms with Gasteiger partial charge in [-0.3, -0.25) is 0 Å². The number of nitrogens with zero attached hydrogens (tertiary/aromatic N) is 1. The Hall–Kier alpha value is -2.56. The maximum absolute atomic E-state index is 11.9. The first-order valence-electron chi connectivity index (χ1n) is 8.51. The van der Waals surface area contributed by atoms with E-state index in [1.807, 2.05) is 31.2 Å². The van der Waals surface area contributed by atoms with Crippen LogP contribution in [0.2, 0.25) is 0 Å². The minimum Gasteiger partial charge on any atom is -0.370 e. The Morgan fingerprint density at radius 1 is 1.21 bits per heavy atom. The van der Waals surface area contributed by atoms with E-state index in [9.17, 15) is 4.79 Å². The van der Waals surface area contributed by atoms with Crippen molar-refractivity contribution >= 4 is 11.8 Å². The molecule has 0 radical (unpaired) electrons. The first-order chi connectivity index (χ1) is 11.7. The standard InChI is InChI=1S/C19H24N4O/c1-14-5-2-3-6-16(14)13-22-19(24)21-12-10-17-9-8-15-7-4-11-20-18(15)23-17/h2-3,5-6,8-9H,4,7,10-13H2,1H3,(H,20,23)(H2,21,22,24). The number of benzene rings is 1. The van der Waals surface area contributed by atoms with Gasteiger partial charge in [0.25, 0.3) is 0 Å². The van der Waals surface area contributed by atoms with Crippen LogP contribution >= 0.6 is 0 Å². The van der Waals surface area contributed by atoms with E-state index in [1.165, 1.54) is 11.1 Å². The molecule has 1 aromatic carbocycles. The van der Waals surface area contributed by atoms with Crippen molar-refractivity contribution in [1.82, 2.24) is 15.6 Å². The first kappa shape index (κ1) is 16.3. The number of nitrogens with one attached hydrogen (secondary N) is 3. The zero-order chi connectivity index (χ0) is 16.8. The molecule has 2 amide bonds. The fraction of sp³-hybridized carbons (Fsp3) is 0.368. The Labute approximate surface area is 142 Å². The number of aromatic nitrogens is 1. The molecule has 3 N–H and O–H groups in total. The number of rotatable bonds is 5. The van der Waals surface area contributed by atoms with Crippen LogP contribution in [0.25, 0.3) is 0 Å². The Balaban J connectivity index is 1.43. The molecule has 5 nitrogen and oxygen atoms in total. The van der Waals surface area contributed by atoms with Crippen LogP contribution in [0.15, 0.2) is 36.4 Å². The number of hydrogen-bond donors (Lipinski definition) is 3. The second-order valence-electron chi connectivity index (χ2n) is 6.13. The molecule has 0 unspecified atom stereocenters. The molecule has 1 aromatic heterocycles. The highest BCUT2D eigenvalue weighted by Gasteiger charge is 2.10. The summed E-state index contributed by atoms with van der Waals surface area (Å²) in [4.78, 5) is 16.5. The number of aryl methyl sites for hydroxylation is 2. The molecule has 0 saturated carbocycles. The van der Waals surface area contributed by atoms with E-state index in [-0.39, 0.29) is 6.03 Å². The Morgan fingerprint density at radius 3 is 2.96 bits per heavy atom. The van der Waals surface area contributed by atoms with Crippen molar-refractivity contribution < 1.29 is 4.79 Å². The van der Waals surface area contributed by atoms with E-state index in [0.717, 1.165) is 42.9 Å². The summed E-state index contributed by atoms with van der Waals surface area (Å²) in [5.41, 5.74) is 4.61. The highest BCUT2D eigenvalue weighted by Crippen LogP contribution is 2.19. The van der Waals surface area contributed by atoms with E-state index in [4.69, 9.17) is 0 Å². The molecule has 0 spiro atoms. The van der Waals surface area contributed by atoms with Gasteiger partial charge in [-0.25, -0.2) is 9.78 Å². The Bertz CT molecular complexity index is 714. The van der Waals surface area contributed by atoms with Crippen LogP contribution in [0.5, 0.6) is 0 Å². The van der Waals surface area contributed by atoms with Gasteiger partial charge in [0.05, 0.1) is 0 Å². The number of urea groups is 1. The molecule has 1 aliphatic heterocycles. The minimum atomic E-state index is -0.144. The molecular formula is C19H24N4O. The minimum absolute atomic E-state index is 0.144. The second-order valence-corrected chi connectivity index (χ2v) is 6.13. The van der Waals surface area contributed by atoms with Crippen LogP contribution in [0.1, 0.15) is 28.8 Å². The molecule has 126 valence electrons.